The van der Waals surface area contributed by atoms with E-state index in [1.807, 2.05) is 11.8 Å². The van der Waals surface area contributed by atoms with Crippen molar-refractivity contribution in [2.24, 2.45) is 0 Å². The number of nitrogens with zero attached hydrogens (tertiary/aromatic N) is 1. The van der Waals surface area contributed by atoms with E-state index in [1.165, 1.54) is 12.1 Å². The lowest BCUT2D eigenvalue weighted by Crippen LogP contribution is -2.50. The molecule has 2 rings (SSSR count). The molecule has 1 saturated heterocycles. The van der Waals surface area contributed by atoms with Crippen LogP contribution >= 0.6 is 0 Å². The zero-order valence-electron chi connectivity index (χ0n) is 13.7. The van der Waals surface area contributed by atoms with Gasteiger partial charge in [-0.05, 0) is 45.0 Å². The Morgan fingerprint density at radius 1 is 1.39 bits per heavy atom. The summed E-state index contributed by atoms with van der Waals surface area (Å²) in [7, 11) is -1.25. The number of carbonyl (C=O) groups excluding carboxylic acids is 1. The van der Waals surface area contributed by atoms with Gasteiger partial charge in [0.1, 0.15) is 5.82 Å². The van der Waals surface area contributed by atoms with Gasteiger partial charge in [-0.25, -0.2) is 12.8 Å². The zero-order chi connectivity index (χ0) is 17.3. The second-order valence-corrected chi connectivity index (χ2v) is 8.78. The van der Waals surface area contributed by atoms with Crippen LogP contribution in [0.4, 0.5) is 4.39 Å². The molecule has 1 aliphatic rings. The number of hydrogen-bond donors (Lipinski definition) is 1. The highest BCUT2D eigenvalue weighted by molar-refractivity contribution is 7.91. The standard InChI is InChI=1S/C16H23FN2O3S/c1-12(13-4-6-14(17)7-5-13)19(3)10-15(20)18-16(2)8-9-23(21,22)11-16/h4-7,12H,8-11H2,1-3H3,(H,18,20)/t12-,16-/m0/s1. The number of amides is 1. The van der Waals surface area contributed by atoms with Gasteiger partial charge in [-0.3, -0.25) is 9.69 Å². The van der Waals surface area contributed by atoms with Crippen LogP contribution in [0, 0.1) is 5.82 Å². The predicted octanol–water partition coefficient (Wildman–Crippen LogP) is 1.51. The van der Waals surface area contributed by atoms with E-state index in [0.717, 1.165) is 5.56 Å². The average molecular weight is 342 g/mol. The fourth-order valence-electron chi connectivity index (χ4n) is 2.84. The molecule has 0 spiro atoms. The van der Waals surface area contributed by atoms with Gasteiger partial charge in [-0.1, -0.05) is 12.1 Å². The third kappa shape index (κ3) is 4.75. The van der Waals surface area contributed by atoms with Gasteiger partial charge in [-0.2, -0.15) is 0 Å². The van der Waals surface area contributed by atoms with Crippen LogP contribution in [-0.4, -0.2) is 49.9 Å². The van der Waals surface area contributed by atoms with Crippen LogP contribution in [0.25, 0.3) is 0 Å². The topological polar surface area (TPSA) is 66.5 Å². The molecule has 1 amide bonds. The van der Waals surface area contributed by atoms with Crippen molar-refractivity contribution in [3.63, 3.8) is 0 Å². The highest BCUT2D eigenvalue weighted by Crippen LogP contribution is 2.23. The summed E-state index contributed by atoms with van der Waals surface area (Å²) in [4.78, 5) is 14.1. The van der Waals surface area contributed by atoms with Gasteiger partial charge in [0.2, 0.25) is 5.91 Å². The van der Waals surface area contributed by atoms with Crippen molar-refractivity contribution >= 4 is 15.7 Å². The molecule has 1 aliphatic heterocycles. The molecule has 7 heteroatoms. The lowest BCUT2D eigenvalue weighted by Gasteiger charge is -2.28. The van der Waals surface area contributed by atoms with Crippen LogP contribution in [0.3, 0.4) is 0 Å². The summed E-state index contributed by atoms with van der Waals surface area (Å²) < 4.78 is 36.1. The largest absolute Gasteiger partial charge is 0.349 e. The first kappa shape index (κ1) is 17.9. The van der Waals surface area contributed by atoms with E-state index in [0.29, 0.717) is 6.42 Å². The summed E-state index contributed by atoms with van der Waals surface area (Å²) in [5.41, 5.74) is 0.229. The summed E-state index contributed by atoms with van der Waals surface area (Å²) in [5, 5.41) is 2.84. The lowest BCUT2D eigenvalue weighted by molar-refractivity contribution is -0.123. The normalized spacial score (nSPS) is 24.6. The summed E-state index contributed by atoms with van der Waals surface area (Å²) in [5.74, 6) is -0.396. The molecular weight excluding hydrogens is 319 g/mol. The first-order valence-electron chi connectivity index (χ1n) is 7.57. The number of rotatable bonds is 5. The Morgan fingerprint density at radius 3 is 2.52 bits per heavy atom. The summed E-state index contributed by atoms with van der Waals surface area (Å²) in [6.07, 6.45) is 0.443. The molecule has 1 aromatic rings. The Morgan fingerprint density at radius 2 is 2.00 bits per heavy atom. The van der Waals surface area contributed by atoms with Crippen LogP contribution in [0.15, 0.2) is 24.3 Å². The molecule has 1 heterocycles. The Balaban J connectivity index is 1.93. The zero-order valence-corrected chi connectivity index (χ0v) is 14.5. The van der Waals surface area contributed by atoms with E-state index in [-0.39, 0.29) is 35.8 Å². The maximum Gasteiger partial charge on any atom is 0.234 e. The highest BCUT2D eigenvalue weighted by Gasteiger charge is 2.39. The summed E-state index contributed by atoms with van der Waals surface area (Å²) in [6, 6.07) is 6.12. The molecule has 0 bridgehead atoms. The molecule has 1 aromatic carbocycles. The van der Waals surface area contributed by atoms with Crippen LogP contribution in [-0.2, 0) is 14.6 Å². The van der Waals surface area contributed by atoms with Gasteiger partial charge < -0.3 is 5.32 Å². The smallest absolute Gasteiger partial charge is 0.234 e. The van der Waals surface area contributed by atoms with E-state index in [2.05, 4.69) is 5.32 Å². The first-order valence-corrected chi connectivity index (χ1v) is 9.39. The van der Waals surface area contributed by atoms with Crippen molar-refractivity contribution in [2.45, 2.75) is 31.8 Å². The number of benzene rings is 1. The van der Waals surface area contributed by atoms with Crippen LogP contribution in [0.5, 0.6) is 0 Å². The molecular formula is C16H23FN2O3S. The maximum absolute atomic E-state index is 13.0. The predicted molar refractivity (Wildman–Crippen MR) is 87.3 cm³/mol. The SMILES string of the molecule is C[C@@H](c1ccc(F)cc1)N(C)CC(=O)N[C@@]1(C)CCS(=O)(=O)C1. The lowest BCUT2D eigenvalue weighted by atomic mass is 10.0. The first-order chi connectivity index (χ1) is 10.6. The molecule has 128 valence electrons. The number of halogens is 1. The van der Waals surface area contributed by atoms with Gasteiger partial charge in [0, 0.05) is 6.04 Å². The van der Waals surface area contributed by atoms with Crippen molar-refractivity contribution in [3.8, 4) is 0 Å². The Hall–Kier alpha value is -1.47. The van der Waals surface area contributed by atoms with E-state index < -0.39 is 15.4 Å². The number of carbonyl (C=O) groups is 1. The third-order valence-corrected chi connectivity index (χ3v) is 6.25. The second kappa shape index (κ2) is 6.57. The minimum atomic E-state index is -3.06. The molecule has 23 heavy (non-hydrogen) atoms. The van der Waals surface area contributed by atoms with Gasteiger partial charge in [0.25, 0.3) is 0 Å². The second-order valence-electron chi connectivity index (χ2n) is 6.59. The van der Waals surface area contributed by atoms with Gasteiger partial charge in [-0.15, -0.1) is 0 Å². The molecule has 0 radical (unpaired) electrons. The third-order valence-electron chi connectivity index (χ3n) is 4.35. The van der Waals surface area contributed by atoms with E-state index in [4.69, 9.17) is 0 Å². The van der Waals surface area contributed by atoms with E-state index in [1.54, 1.807) is 26.1 Å². The number of nitrogens with one attached hydrogen (secondary N) is 1. The van der Waals surface area contributed by atoms with Gasteiger partial charge in [0.05, 0.1) is 23.6 Å². The van der Waals surface area contributed by atoms with Gasteiger partial charge in [0.15, 0.2) is 9.84 Å². The monoisotopic (exact) mass is 342 g/mol. The number of likely N-dealkylation sites (N-methyl/N-ethyl adjacent to an activating group) is 1. The van der Waals surface area contributed by atoms with Crippen molar-refractivity contribution < 1.29 is 17.6 Å². The Labute approximate surface area is 136 Å². The molecule has 0 aliphatic carbocycles. The van der Waals surface area contributed by atoms with Crippen LogP contribution < -0.4 is 5.32 Å². The Kier molecular flexibility index (Phi) is 5.10. The Bertz CT molecular complexity index is 675. The van der Waals surface area contributed by atoms with Gasteiger partial charge >= 0.3 is 0 Å². The quantitative estimate of drug-likeness (QED) is 0.881. The molecule has 0 aromatic heterocycles. The fraction of sp³-hybridized carbons (Fsp3) is 0.562. The van der Waals surface area contributed by atoms with E-state index >= 15 is 0 Å². The minimum absolute atomic E-state index is 0.0109. The highest BCUT2D eigenvalue weighted by atomic mass is 32.2. The van der Waals surface area contributed by atoms with Crippen molar-refractivity contribution in [1.82, 2.24) is 10.2 Å². The van der Waals surface area contributed by atoms with Crippen molar-refractivity contribution in [1.29, 1.82) is 0 Å². The molecule has 5 nitrogen and oxygen atoms in total. The van der Waals surface area contributed by atoms with Crippen LogP contribution in [0.2, 0.25) is 0 Å². The average Bonchev–Trinajstić information content (AvgIpc) is 2.72. The molecule has 2 atom stereocenters. The summed E-state index contributed by atoms with van der Waals surface area (Å²) >= 11 is 0. The maximum atomic E-state index is 13.0. The van der Waals surface area contributed by atoms with Crippen LogP contribution in [0.1, 0.15) is 31.9 Å². The summed E-state index contributed by atoms with van der Waals surface area (Å²) in [6.45, 7) is 3.84. The molecule has 1 fully saturated rings. The molecule has 0 saturated carbocycles. The van der Waals surface area contributed by atoms with E-state index in [9.17, 15) is 17.6 Å². The fourth-order valence-corrected chi connectivity index (χ4v) is 4.94. The van der Waals surface area contributed by atoms with Crippen molar-refractivity contribution in [3.05, 3.63) is 35.6 Å². The minimum Gasteiger partial charge on any atom is -0.349 e. The number of sulfone groups is 1. The number of hydrogen-bond acceptors (Lipinski definition) is 4. The van der Waals surface area contributed by atoms with Crippen molar-refractivity contribution in [2.75, 3.05) is 25.1 Å². The molecule has 0 unspecified atom stereocenters. The molecule has 1 N–H and O–H groups in total.